The molecule has 248 valence electrons. The van der Waals surface area contributed by atoms with Crippen molar-refractivity contribution in [3.8, 4) is 0 Å². The van der Waals surface area contributed by atoms with Crippen LogP contribution in [0.1, 0.15) is 12.8 Å². The van der Waals surface area contributed by atoms with Crippen LogP contribution in [0.15, 0.2) is 0 Å². The molecule has 17 N–H and O–H groups in total. The number of hydrogen-bond acceptors (Lipinski definition) is 18. The second kappa shape index (κ2) is 16.5. The molecule has 2 saturated heterocycles. The first-order valence-electron chi connectivity index (χ1n) is 14.2. The van der Waals surface area contributed by atoms with E-state index in [9.17, 15) is 46.0 Å². The van der Waals surface area contributed by atoms with E-state index in [0.29, 0.717) is 19.5 Å². The third-order valence-electron chi connectivity index (χ3n) is 8.00. The van der Waals surface area contributed by atoms with E-state index < -0.39 is 118 Å². The van der Waals surface area contributed by atoms with Crippen LogP contribution >= 0.6 is 0 Å². The van der Waals surface area contributed by atoms with Gasteiger partial charge in [0.2, 0.25) is 0 Å². The summed E-state index contributed by atoms with van der Waals surface area (Å²) in [6.45, 7) is -0.529. The van der Waals surface area contributed by atoms with Gasteiger partial charge in [-0.2, -0.15) is 0 Å². The van der Waals surface area contributed by atoms with Crippen molar-refractivity contribution in [1.82, 2.24) is 10.6 Å². The summed E-state index contributed by atoms with van der Waals surface area (Å²) in [4.78, 5) is 0. The standard InChI is InChI=1S/C24H49N5O13/c25-2-1-3-28-5-12-16(34)18(36)19(37)24(39-12)41-21-10(26)4-11(29-9(6-30)7-31)22(20(21)38)42-23-17(35)14(27)15(33)13(8-32)40-23/h9-24,28-38H,1-8,25-27H2/t10-,11+,12+,13+,14-,15+,16+,17+,18-,19+,20-,21?,22-,23+,24+/m0/s1. The maximum Gasteiger partial charge on any atom is 0.187 e. The molecule has 0 spiro atoms. The summed E-state index contributed by atoms with van der Waals surface area (Å²) in [6.07, 6.45) is -16.6. The zero-order chi connectivity index (χ0) is 31.1. The van der Waals surface area contributed by atoms with Crippen LogP contribution in [0.5, 0.6) is 0 Å². The number of aliphatic hydroxyl groups is 9. The molecule has 3 rings (SSSR count). The Labute approximate surface area is 243 Å². The van der Waals surface area contributed by atoms with Gasteiger partial charge in [-0.25, -0.2) is 0 Å². The van der Waals surface area contributed by atoms with Crippen molar-refractivity contribution in [3.63, 3.8) is 0 Å². The van der Waals surface area contributed by atoms with Crippen LogP contribution in [-0.4, -0.2) is 183 Å². The van der Waals surface area contributed by atoms with E-state index in [1.807, 2.05) is 0 Å². The molecule has 0 amide bonds. The van der Waals surface area contributed by atoms with Crippen LogP contribution in [0, 0.1) is 0 Å². The SMILES string of the molecule is NCCCNC[C@H]1O[C@H](OC2[C@@H](N)C[C@@H](NC(CO)CO)[C@H](O[C@H]3O[C@H](CO)[C@@H](O)[C@H](N)[C@H]3O)[C@H]2O)[C@H](O)[C@@H](O)[C@@H]1O. The number of nitrogens with one attached hydrogen (secondary N) is 2. The Bertz CT molecular complexity index is 789. The first-order valence-corrected chi connectivity index (χ1v) is 14.2. The molecule has 0 aromatic rings. The molecule has 1 aliphatic carbocycles. The molecule has 2 aliphatic heterocycles. The fourth-order valence-electron chi connectivity index (χ4n) is 5.43. The number of aliphatic hydroxyl groups excluding tert-OH is 9. The predicted octanol–water partition coefficient (Wildman–Crippen LogP) is -8.33. The third-order valence-corrected chi connectivity index (χ3v) is 8.00. The lowest BCUT2D eigenvalue weighted by Crippen LogP contribution is -2.69. The summed E-state index contributed by atoms with van der Waals surface area (Å²) in [6, 6.07) is -3.89. The molecule has 0 bridgehead atoms. The Morgan fingerprint density at radius 3 is 2.00 bits per heavy atom. The highest BCUT2D eigenvalue weighted by molar-refractivity contribution is 5.03. The van der Waals surface area contributed by atoms with E-state index in [0.717, 1.165) is 0 Å². The van der Waals surface area contributed by atoms with Gasteiger partial charge in [-0.05, 0) is 25.9 Å². The van der Waals surface area contributed by atoms with Gasteiger partial charge in [0.05, 0.1) is 31.9 Å². The number of nitrogens with two attached hydrogens (primary N) is 3. The molecule has 3 fully saturated rings. The minimum absolute atomic E-state index is 0.0158. The van der Waals surface area contributed by atoms with Gasteiger partial charge in [0, 0.05) is 18.6 Å². The fraction of sp³-hybridized carbons (Fsp3) is 1.00. The average molecular weight is 616 g/mol. The van der Waals surface area contributed by atoms with Crippen molar-refractivity contribution in [3.05, 3.63) is 0 Å². The van der Waals surface area contributed by atoms with Gasteiger partial charge < -0.3 is 92.7 Å². The van der Waals surface area contributed by atoms with E-state index in [1.165, 1.54) is 0 Å². The summed E-state index contributed by atoms with van der Waals surface area (Å²) in [7, 11) is 0. The number of rotatable bonds is 14. The summed E-state index contributed by atoms with van der Waals surface area (Å²) in [5.41, 5.74) is 17.7. The maximum atomic E-state index is 11.5. The van der Waals surface area contributed by atoms with Crippen LogP contribution in [0.2, 0.25) is 0 Å². The summed E-state index contributed by atoms with van der Waals surface area (Å²) in [5, 5.41) is 98.5. The molecule has 18 nitrogen and oxygen atoms in total. The van der Waals surface area contributed by atoms with Crippen LogP contribution in [0.3, 0.4) is 0 Å². The Kier molecular flexibility index (Phi) is 14.1. The summed E-state index contributed by atoms with van der Waals surface area (Å²) >= 11 is 0. The molecule has 0 aromatic heterocycles. The van der Waals surface area contributed by atoms with E-state index in [4.69, 9.17) is 36.1 Å². The van der Waals surface area contributed by atoms with E-state index in [-0.39, 0.29) is 13.0 Å². The number of hydrogen-bond donors (Lipinski definition) is 14. The average Bonchev–Trinajstić information content (AvgIpc) is 2.98. The molecule has 1 saturated carbocycles. The molecule has 0 aromatic carbocycles. The molecule has 3 aliphatic rings. The monoisotopic (exact) mass is 615 g/mol. The van der Waals surface area contributed by atoms with Crippen molar-refractivity contribution in [2.45, 2.75) is 111 Å². The Hall–Kier alpha value is -0.720. The Morgan fingerprint density at radius 1 is 0.762 bits per heavy atom. The quantitative estimate of drug-likeness (QED) is 0.0806. The lowest BCUT2D eigenvalue weighted by Gasteiger charge is -2.49. The Morgan fingerprint density at radius 2 is 1.38 bits per heavy atom. The second-order valence-corrected chi connectivity index (χ2v) is 11.1. The van der Waals surface area contributed by atoms with E-state index in [1.54, 1.807) is 0 Å². The highest BCUT2D eigenvalue weighted by atomic mass is 16.7. The minimum Gasteiger partial charge on any atom is -0.395 e. The Balaban J connectivity index is 1.80. The maximum absolute atomic E-state index is 11.5. The van der Waals surface area contributed by atoms with Gasteiger partial charge >= 0.3 is 0 Å². The second-order valence-electron chi connectivity index (χ2n) is 11.1. The van der Waals surface area contributed by atoms with Crippen LogP contribution in [0.4, 0.5) is 0 Å². The number of ether oxygens (including phenoxy) is 4. The molecular weight excluding hydrogens is 566 g/mol. The summed E-state index contributed by atoms with van der Waals surface area (Å²) in [5.74, 6) is 0. The lowest BCUT2D eigenvalue weighted by molar-refractivity contribution is -0.333. The molecule has 15 atom stereocenters. The first-order chi connectivity index (χ1) is 20.0. The van der Waals surface area contributed by atoms with Crippen molar-refractivity contribution in [2.75, 3.05) is 39.5 Å². The van der Waals surface area contributed by atoms with Crippen molar-refractivity contribution >= 4 is 0 Å². The molecule has 42 heavy (non-hydrogen) atoms. The fourth-order valence-corrected chi connectivity index (χ4v) is 5.43. The van der Waals surface area contributed by atoms with Gasteiger partial charge in [-0.3, -0.25) is 0 Å². The molecular formula is C24H49N5O13. The van der Waals surface area contributed by atoms with Gasteiger partial charge in [0.1, 0.15) is 61.0 Å². The smallest absolute Gasteiger partial charge is 0.187 e. The summed E-state index contributed by atoms with van der Waals surface area (Å²) < 4.78 is 23.1. The van der Waals surface area contributed by atoms with Crippen molar-refractivity contribution in [2.24, 2.45) is 17.2 Å². The van der Waals surface area contributed by atoms with Gasteiger partial charge in [-0.1, -0.05) is 0 Å². The zero-order valence-electron chi connectivity index (χ0n) is 23.3. The van der Waals surface area contributed by atoms with Gasteiger partial charge in [0.15, 0.2) is 12.6 Å². The normalized spacial score (nSPS) is 44.9. The lowest BCUT2D eigenvalue weighted by atomic mass is 9.83. The highest BCUT2D eigenvalue weighted by Gasteiger charge is 2.52. The van der Waals surface area contributed by atoms with Crippen LogP contribution in [-0.2, 0) is 18.9 Å². The van der Waals surface area contributed by atoms with E-state index in [2.05, 4.69) is 10.6 Å². The largest absolute Gasteiger partial charge is 0.395 e. The van der Waals surface area contributed by atoms with Crippen molar-refractivity contribution < 1.29 is 64.9 Å². The zero-order valence-corrected chi connectivity index (χ0v) is 23.3. The highest BCUT2D eigenvalue weighted by Crippen LogP contribution is 2.32. The third kappa shape index (κ3) is 8.30. The molecule has 18 heteroatoms. The molecule has 1 unspecified atom stereocenters. The minimum atomic E-state index is -1.71. The molecule has 2 heterocycles. The van der Waals surface area contributed by atoms with Crippen molar-refractivity contribution in [1.29, 1.82) is 0 Å². The van der Waals surface area contributed by atoms with Crippen LogP contribution < -0.4 is 27.8 Å². The van der Waals surface area contributed by atoms with Gasteiger partial charge in [-0.15, -0.1) is 0 Å². The topological polar surface area (TPSA) is 321 Å². The predicted molar refractivity (Wildman–Crippen MR) is 142 cm³/mol. The van der Waals surface area contributed by atoms with Crippen LogP contribution in [0.25, 0.3) is 0 Å². The molecule has 0 radical (unpaired) electrons. The first kappa shape index (κ1) is 35.8. The van der Waals surface area contributed by atoms with E-state index >= 15 is 0 Å². The van der Waals surface area contributed by atoms with Gasteiger partial charge in [0.25, 0.3) is 0 Å².